The quantitative estimate of drug-likeness (QED) is 0.0934. The van der Waals surface area contributed by atoms with Crippen molar-refractivity contribution in [1.82, 2.24) is 14.9 Å². The largest absolute Gasteiger partial charge is 0.496 e. The van der Waals surface area contributed by atoms with Crippen molar-refractivity contribution in [1.29, 1.82) is 0 Å². The van der Waals surface area contributed by atoms with E-state index in [4.69, 9.17) is 24.2 Å². The molecule has 3 aromatic carbocycles. The van der Waals surface area contributed by atoms with Crippen molar-refractivity contribution in [2.24, 2.45) is 0 Å². The molecule has 7 rings (SSSR count). The topological polar surface area (TPSA) is 60.0 Å². The smallest absolute Gasteiger partial charge is 0.163 e. The zero-order valence-corrected chi connectivity index (χ0v) is 35.2. The molecule has 0 unspecified atom stereocenters. The van der Waals surface area contributed by atoms with Crippen molar-refractivity contribution in [2.75, 3.05) is 39.3 Å². The molecule has 300 valence electrons. The molecule has 0 amide bonds. The summed E-state index contributed by atoms with van der Waals surface area (Å²) in [5.74, 6) is 3.17. The molecular formula is C50H62N4O3. The summed E-state index contributed by atoms with van der Waals surface area (Å²) >= 11 is 0. The Morgan fingerprint density at radius 3 is 1.98 bits per heavy atom. The Bertz CT molecular complexity index is 2080. The number of piperidine rings is 1. The Balaban J connectivity index is 1.09. The molecule has 1 saturated heterocycles. The summed E-state index contributed by atoms with van der Waals surface area (Å²) in [4.78, 5) is 15.0. The Labute approximate surface area is 341 Å². The lowest BCUT2D eigenvalue weighted by Gasteiger charge is -2.40. The molecule has 2 aliphatic rings. The van der Waals surface area contributed by atoms with Gasteiger partial charge in [-0.15, -0.1) is 0 Å². The second-order valence-corrected chi connectivity index (χ2v) is 16.1. The van der Waals surface area contributed by atoms with Crippen molar-refractivity contribution >= 4 is 5.69 Å². The number of aryl methyl sites for hydroxylation is 2. The summed E-state index contributed by atoms with van der Waals surface area (Å²) in [6.45, 7) is 10.5. The van der Waals surface area contributed by atoms with Crippen LogP contribution in [0, 0.1) is 6.92 Å². The van der Waals surface area contributed by atoms with Crippen LogP contribution < -0.4 is 19.1 Å². The summed E-state index contributed by atoms with van der Waals surface area (Å²) in [6, 6.07) is 27.5. The van der Waals surface area contributed by atoms with Crippen LogP contribution in [0.2, 0.25) is 0 Å². The van der Waals surface area contributed by atoms with E-state index in [-0.39, 0.29) is 0 Å². The van der Waals surface area contributed by atoms with E-state index in [2.05, 4.69) is 103 Å². The molecule has 0 spiro atoms. The van der Waals surface area contributed by atoms with Crippen LogP contribution in [0.5, 0.6) is 17.2 Å². The predicted octanol–water partition coefficient (Wildman–Crippen LogP) is 11.4. The number of anilines is 1. The lowest BCUT2D eigenvalue weighted by molar-refractivity contribution is 0.201. The first kappa shape index (κ1) is 40.3. The number of likely N-dealkylation sites (tertiary alicyclic amines) is 1. The van der Waals surface area contributed by atoms with Gasteiger partial charge in [-0.1, -0.05) is 45.2 Å². The fourth-order valence-electron chi connectivity index (χ4n) is 8.83. The van der Waals surface area contributed by atoms with E-state index in [1.54, 1.807) is 21.3 Å². The van der Waals surface area contributed by atoms with Crippen LogP contribution in [-0.2, 0) is 25.9 Å². The number of aromatic nitrogens is 2. The van der Waals surface area contributed by atoms with Crippen molar-refractivity contribution < 1.29 is 14.2 Å². The van der Waals surface area contributed by atoms with Gasteiger partial charge in [0.25, 0.3) is 0 Å². The first-order chi connectivity index (χ1) is 27.9. The third-order valence-corrected chi connectivity index (χ3v) is 12.3. The Morgan fingerprint density at radius 2 is 1.35 bits per heavy atom. The van der Waals surface area contributed by atoms with Gasteiger partial charge in [-0.05, 0) is 152 Å². The fraction of sp³-hybridized carbons (Fsp3) is 0.440. The number of hydrogen-bond acceptors (Lipinski definition) is 7. The minimum atomic E-state index is 0.426. The highest BCUT2D eigenvalue weighted by molar-refractivity contribution is 5.68. The second kappa shape index (κ2) is 19.0. The summed E-state index contributed by atoms with van der Waals surface area (Å²) in [6.07, 6.45) is 15.5. The van der Waals surface area contributed by atoms with Gasteiger partial charge in [-0.25, -0.2) is 0 Å². The van der Waals surface area contributed by atoms with E-state index in [0.29, 0.717) is 12.0 Å². The molecule has 2 aromatic heterocycles. The van der Waals surface area contributed by atoms with Gasteiger partial charge in [0.15, 0.2) is 11.5 Å². The maximum Gasteiger partial charge on any atom is 0.163 e. The minimum Gasteiger partial charge on any atom is -0.496 e. The maximum absolute atomic E-state index is 5.84. The van der Waals surface area contributed by atoms with Crippen LogP contribution in [0.3, 0.4) is 0 Å². The standard InChI is InChI=1S/C50H62N4O3/c1-7-9-12-36-15-17-43(18-16-36)54(34-38-20-24-51-46(28-38)41-29-40(11-8-2)50(57-6)49(32-41)56-5)44-21-25-53(26-22-44)33-37-19-23-52-47(27-37)42-30-45(39-13-10-14-39)35(3)48(31-42)55-4/h15-20,23-24,27-32,39,44H,7-14,21-22,25-26,33-34H2,1-6H3. The van der Waals surface area contributed by atoms with Crippen LogP contribution in [0.4, 0.5) is 5.69 Å². The van der Waals surface area contributed by atoms with Crippen LogP contribution in [0.25, 0.3) is 22.5 Å². The van der Waals surface area contributed by atoms with E-state index in [9.17, 15) is 0 Å². The number of methoxy groups -OCH3 is 3. The highest BCUT2D eigenvalue weighted by Gasteiger charge is 2.27. The molecule has 2 fully saturated rings. The van der Waals surface area contributed by atoms with Gasteiger partial charge in [-0.3, -0.25) is 14.9 Å². The SMILES string of the molecule is CCCCc1ccc(N(Cc2ccnc(-c3cc(CCC)c(OC)c(OC)c3)c2)C2CCN(Cc3ccnc(-c4cc(OC)c(C)c(C5CCC5)c4)c3)CC2)cc1. The molecule has 57 heavy (non-hydrogen) atoms. The summed E-state index contributed by atoms with van der Waals surface area (Å²) in [5.41, 5.74) is 13.3. The summed E-state index contributed by atoms with van der Waals surface area (Å²) < 4.78 is 17.4. The molecule has 5 aromatic rings. The molecule has 3 heterocycles. The van der Waals surface area contributed by atoms with E-state index in [1.807, 2.05) is 12.4 Å². The summed E-state index contributed by atoms with van der Waals surface area (Å²) in [7, 11) is 5.21. The van der Waals surface area contributed by atoms with Gasteiger partial charge in [0, 0.05) is 61.4 Å². The Kier molecular flexibility index (Phi) is 13.5. The minimum absolute atomic E-state index is 0.426. The van der Waals surface area contributed by atoms with Crippen LogP contribution in [0.1, 0.15) is 105 Å². The molecule has 7 nitrogen and oxygen atoms in total. The monoisotopic (exact) mass is 766 g/mol. The average Bonchev–Trinajstić information content (AvgIpc) is 3.22. The number of hydrogen-bond donors (Lipinski definition) is 0. The molecule has 0 bridgehead atoms. The van der Waals surface area contributed by atoms with Crippen molar-refractivity contribution in [3.8, 4) is 39.8 Å². The van der Waals surface area contributed by atoms with Crippen LogP contribution in [0.15, 0.2) is 85.2 Å². The lowest BCUT2D eigenvalue weighted by atomic mass is 9.77. The van der Waals surface area contributed by atoms with Gasteiger partial charge in [0.05, 0.1) is 32.7 Å². The maximum atomic E-state index is 5.84. The lowest BCUT2D eigenvalue weighted by Crippen LogP contribution is -2.44. The van der Waals surface area contributed by atoms with E-state index < -0.39 is 0 Å². The van der Waals surface area contributed by atoms with Crippen LogP contribution >= 0.6 is 0 Å². The fourth-order valence-corrected chi connectivity index (χ4v) is 8.83. The Hall–Kier alpha value is -4.88. The second-order valence-electron chi connectivity index (χ2n) is 16.1. The van der Waals surface area contributed by atoms with E-state index in [1.165, 1.54) is 65.6 Å². The zero-order chi connectivity index (χ0) is 39.7. The molecule has 7 heteroatoms. The zero-order valence-electron chi connectivity index (χ0n) is 35.2. The Morgan fingerprint density at radius 1 is 0.684 bits per heavy atom. The number of pyridine rings is 2. The average molecular weight is 767 g/mol. The van der Waals surface area contributed by atoms with Gasteiger partial charge in [0.2, 0.25) is 0 Å². The third kappa shape index (κ3) is 9.47. The van der Waals surface area contributed by atoms with Crippen molar-refractivity contribution in [3.63, 3.8) is 0 Å². The molecular weight excluding hydrogens is 705 g/mol. The molecule has 1 aliphatic heterocycles. The van der Waals surface area contributed by atoms with Crippen molar-refractivity contribution in [2.45, 2.75) is 110 Å². The first-order valence-electron chi connectivity index (χ1n) is 21.3. The number of unbranched alkanes of at least 4 members (excludes halogenated alkanes) is 1. The number of rotatable bonds is 17. The molecule has 0 radical (unpaired) electrons. The highest BCUT2D eigenvalue weighted by Crippen LogP contribution is 2.42. The molecule has 1 aliphatic carbocycles. The number of nitrogens with zero attached hydrogens (tertiary/aromatic N) is 4. The summed E-state index contributed by atoms with van der Waals surface area (Å²) in [5, 5.41) is 0. The molecule has 0 atom stereocenters. The van der Waals surface area contributed by atoms with E-state index in [0.717, 1.165) is 104 Å². The highest BCUT2D eigenvalue weighted by atomic mass is 16.5. The molecule has 0 N–H and O–H groups in total. The van der Waals surface area contributed by atoms with Crippen molar-refractivity contribution in [3.05, 3.63) is 119 Å². The third-order valence-electron chi connectivity index (χ3n) is 12.3. The normalized spacial score (nSPS) is 15.0. The van der Waals surface area contributed by atoms with Gasteiger partial charge in [0.1, 0.15) is 5.75 Å². The predicted molar refractivity (Wildman–Crippen MR) is 234 cm³/mol. The first-order valence-corrected chi connectivity index (χ1v) is 21.3. The number of ether oxygens (including phenoxy) is 3. The van der Waals surface area contributed by atoms with Gasteiger partial charge >= 0.3 is 0 Å². The number of benzene rings is 3. The molecule has 1 saturated carbocycles. The van der Waals surface area contributed by atoms with Gasteiger partial charge < -0.3 is 19.1 Å². The van der Waals surface area contributed by atoms with Crippen LogP contribution in [-0.4, -0.2) is 55.3 Å². The van der Waals surface area contributed by atoms with E-state index >= 15 is 0 Å². The van der Waals surface area contributed by atoms with Gasteiger partial charge in [-0.2, -0.15) is 0 Å².